The molecule has 2 atom stereocenters. The Bertz CT molecular complexity index is 1030. The van der Waals surface area contributed by atoms with Gasteiger partial charge in [0, 0.05) is 40.3 Å². The van der Waals surface area contributed by atoms with E-state index >= 15 is 0 Å². The van der Waals surface area contributed by atoms with Crippen LogP contribution in [0.4, 0.5) is 5.69 Å². The third-order valence-electron chi connectivity index (χ3n) is 6.20. The summed E-state index contributed by atoms with van der Waals surface area (Å²) < 4.78 is 0. The molecule has 2 aromatic rings. The molecule has 0 saturated carbocycles. The highest BCUT2D eigenvalue weighted by molar-refractivity contribution is 6.31. The smallest absolute Gasteiger partial charge is 0.235 e. The molecule has 0 radical (unpaired) electrons. The molecule has 1 fully saturated rings. The standard InChI is InChI=1S/C23H22Cl2N2O2/c1-3-14(2)27-13-19(15-5-4-6-16(24)11-15)23(10-9-21(27)28)18-8-7-17(25)12-20(18)26-22(23)29/h3-8,11-12,19H,9-10,13H2,1-2H3,(H,26,29). The predicted octanol–water partition coefficient (Wildman–Crippen LogP) is 5.51. The predicted molar refractivity (Wildman–Crippen MR) is 116 cm³/mol. The van der Waals surface area contributed by atoms with Crippen LogP contribution in [0, 0.1) is 0 Å². The molecule has 29 heavy (non-hydrogen) atoms. The van der Waals surface area contributed by atoms with Crippen LogP contribution in [0.2, 0.25) is 10.0 Å². The second-order valence-electron chi connectivity index (χ2n) is 7.66. The molecule has 4 rings (SSSR count). The van der Waals surface area contributed by atoms with E-state index in [1.165, 1.54) is 0 Å². The van der Waals surface area contributed by atoms with Gasteiger partial charge in [-0.15, -0.1) is 0 Å². The maximum Gasteiger partial charge on any atom is 0.235 e. The molecular weight excluding hydrogens is 407 g/mol. The zero-order valence-corrected chi connectivity index (χ0v) is 17.8. The fourth-order valence-electron chi connectivity index (χ4n) is 4.62. The molecule has 1 saturated heterocycles. The fraction of sp³-hybridized carbons (Fsp3) is 0.304. The molecule has 1 spiro atoms. The molecule has 2 unspecified atom stereocenters. The summed E-state index contributed by atoms with van der Waals surface area (Å²) in [6.45, 7) is 4.25. The zero-order chi connectivity index (χ0) is 20.8. The third-order valence-corrected chi connectivity index (χ3v) is 6.67. The van der Waals surface area contributed by atoms with Crippen LogP contribution < -0.4 is 5.32 Å². The highest BCUT2D eigenvalue weighted by Crippen LogP contribution is 2.52. The number of likely N-dealkylation sites (tertiary alicyclic amines) is 1. The molecule has 6 heteroatoms. The quantitative estimate of drug-likeness (QED) is 0.684. The lowest BCUT2D eigenvalue weighted by Gasteiger charge is -2.36. The van der Waals surface area contributed by atoms with E-state index in [1.54, 1.807) is 17.0 Å². The number of nitrogens with one attached hydrogen (secondary N) is 1. The van der Waals surface area contributed by atoms with Gasteiger partial charge in [-0.1, -0.05) is 47.5 Å². The van der Waals surface area contributed by atoms with Crippen molar-refractivity contribution in [3.8, 4) is 0 Å². The van der Waals surface area contributed by atoms with Crippen molar-refractivity contribution in [2.24, 2.45) is 0 Å². The van der Waals surface area contributed by atoms with Crippen LogP contribution in [-0.2, 0) is 15.0 Å². The van der Waals surface area contributed by atoms with Gasteiger partial charge in [0.15, 0.2) is 0 Å². The summed E-state index contributed by atoms with van der Waals surface area (Å²) in [4.78, 5) is 28.2. The molecule has 2 aromatic carbocycles. The molecular formula is C23H22Cl2N2O2. The van der Waals surface area contributed by atoms with Gasteiger partial charge < -0.3 is 10.2 Å². The van der Waals surface area contributed by atoms with E-state index in [1.807, 2.05) is 50.3 Å². The molecule has 0 aliphatic carbocycles. The van der Waals surface area contributed by atoms with E-state index in [0.717, 1.165) is 22.5 Å². The Labute approximate surface area is 180 Å². The van der Waals surface area contributed by atoms with Gasteiger partial charge in [0.1, 0.15) is 0 Å². The van der Waals surface area contributed by atoms with E-state index in [0.29, 0.717) is 23.0 Å². The summed E-state index contributed by atoms with van der Waals surface area (Å²) in [6.07, 6.45) is 2.64. The van der Waals surface area contributed by atoms with Crippen molar-refractivity contribution in [1.29, 1.82) is 0 Å². The van der Waals surface area contributed by atoms with Crippen LogP contribution in [0.3, 0.4) is 0 Å². The van der Waals surface area contributed by atoms with Gasteiger partial charge in [0.25, 0.3) is 0 Å². The average molecular weight is 429 g/mol. The summed E-state index contributed by atoms with van der Waals surface area (Å²) >= 11 is 12.5. The van der Waals surface area contributed by atoms with E-state index in [4.69, 9.17) is 23.2 Å². The lowest BCUT2D eigenvalue weighted by molar-refractivity contribution is -0.128. The van der Waals surface area contributed by atoms with Crippen molar-refractivity contribution in [3.05, 3.63) is 75.4 Å². The zero-order valence-electron chi connectivity index (χ0n) is 16.3. The van der Waals surface area contributed by atoms with Crippen molar-refractivity contribution in [2.45, 2.75) is 38.0 Å². The van der Waals surface area contributed by atoms with Crippen LogP contribution in [0.15, 0.2) is 54.2 Å². The summed E-state index contributed by atoms with van der Waals surface area (Å²) in [7, 11) is 0. The molecule has 150 valence electrons. The minimum Gasteiger partial charge on any atom is -0.325 e. The lowest BCUT2D eigenvalue weighted by atomic mass is 9.66. The minimum absolute atomic E-state index is 0.0275. The van der Waals surface area contributed by atoms with Gasteiger partial charge in [-0.2, -0.15) is 0 Å². The molecule has 2 aliphatic rings. The first kappa shape index (κ1) is 20.0. The first-order valence-electron chi connectivity index (χ1n) is 9.67. The molecule has 1 N–H and O–H groups in total. The van der Waals surface area contributed by atoms with Crippen LogP contribution in [0.25, 0.3) is 0 Å². The molecule has 2 aliphatic heterocycles. The monoisotopic (exact) mass is 428 g/mol. The van der Waals surface area contributed by atoms with Crippen LogP contribution >= 0.6 is 23.2 Å². The third kappa shape index (κ3) is 3.24. The number of amides is 2. The molecule has 4 nitrogen and oxygen atoms in total. The number of hydrogen-bond donors (Lipinski definition) is 1. The van der Waals surface area contributed by atoms with E-state index in [-0.39, 0.29) is 24.2 Å². The largest absolute Gasteiger partial charge is 0.325 e. The van der Waals surface area contributed by atoms with Gasteiger partial charge in [-0.3, -0.25) is 9.59 Å². The van der Waals surface area contributed by atoms with Gasteiger partial charge in [-0.05, 0) is 55.7 Å². The number of anilines is 1. The number of rotatable bonds is 2. The Hall–Kier alpha value is -2.30. The number of carbonyl (C=O) groups is 2. The Kier molecular flexibility index (Phi) is 5.18. The van der Waals surface area contributed by atoms with E-state index in [9.17, 15) is 9.59 Å². The first-order valence-corrected chi connectivity index (χ1v) is 10.4. The molecule has 0 bridgehead atoms. The van der Waals surface area contributed by atoms with Gasteiger partial charge in [0.2, 0.25) is 11.8 Å². The second kappa shape index (κ2) is 7.51. The van der Waals surface area contributed by atoms with E-state index in [2.05, 4.69) is 5.32 Å². The summed E-state index contributed by atoms with van der Waals surface area (Å²) in [6, 6.07) is 13.1. The number of hydrogen-bond acceptors (Lipinski definition) is 2. The van der Waals surface area contributed by atoms with Crippen LogP contribution in [0.5, 0.6) is 0 Å². The lowest BCUT2D eigenvalue weighted by Crippen LogP contribution is -2.43. The highest BCUT2D eigenvalue weighted by atomic mass is 35.5. The fourth-order valence-corrected chi connectivity index (χ4v) is 4.99. The second-order valence-corrected chi connectivity index (χ2v) is 8.53. The number of allylic oxidation sites excluding steroid dienone is 2. The number of nitrogens with zero attached hydrogens (tertiary/aromatic N) is 1. The Morgan fingerprint density at radius 3 is 2.66 bits per heavy atom. The van der Waals surface area contributed by atoms with Crippen molar-refractivity contribution >= 4 is 40.7 Å². The van der Waals surface area contributed by atoms with Gasteiger partial charge in [-0.25, -0.2) is 0 Å². The number of carbonyl (C=O) groups excluding carboxylic acids is 2. The average Bonchev–Trinajstić information content (AvgIpc) is 2.86. The highest BCUT2D eigenvalue weighted by Gasteiger charge is 2.54. The topological polar surface area (TPSA) is 49.4 Å². The SMILES string of the molecule is CC=C(C)N1CC(c2cccc(Cl)c2)C2(CCC1=O)C(=O)Nc1cc(Cl)ccc12. The number of halogens is 2. The maximum atomic E-state index is 13.5. The van der Waals surface area contributed by atoms with Crippen molar-refractivity contribution in [1.82, 2.24) is 4.90 Å². The van der Waals surface area contributed by atoms with Gasteiger partial charge in [0.05, 0.1) is 5.41 Å². The minimum atomic E-state index is -0.858. The summed E-state index contributed by atoms with van der Waals surface area (Å²) in [5.41, 5.74) is 2.58. The summed E-state index contributed by atoms with van der Waals surface area (Å²) in [5.74, 6) is -0.308. The van der Waals surface area contributed by atoms with Crippen LogP contribution in [-0.4, -0.2) is 23.3 Å². The number of fused-ring (bicyclic) bond motifs is 2. The van der Waals surface area contributed by atoms with Crippen molar-refractivity contribution in [2.75, 3.05) is 11.9 Å². The molecule has 0 aromatic heterocycles. The first-order chi connectivity index (χ1) is 13.9. The Balaban J connectivity index is 1.94. The van der Waals surface area contributed by atoms with Gasteiger partial charge >= 0.3 is 0 Å². The number of benzene rings is 2. The molecule has 2 heterocycles. The maximum absolute atomic E-state index is 13.5. The molecule has 2 amide bonds. The Morgan fingerprint density at radius 1 is 1.17 bits per heavy atom. The van der Waals surface area contributed by atoms with E-state index < -0.39 is 5.41 Å². The van der Waals surface area contributed by atoms with Crippen molar-refractivity contribution in [3.63, 3.8) is 0 Å². The van der Waals surface area contributed by atoms with Crippen LogP contribution in [0.1, 0.15) is 43.7 Å². The normalized spacial score (nSPS) is 24.5. The summed E-state index contributed by atoms with van der Waals surface area (Å²) in [5, 5.41) is 4.19. The Morgan fingerprint density at radius 2 is 1.93 bits per heavy atom. The van der Waals surface area contributed by atoms with Crippen molar-refractivity contribution < 1.29 is 9.59 Å².